The number of hydrogen-bond acceptors (Lipinski definition) is 1. The summed E-state index contributed by atoms with van der Waals surface area (Å²) in [5.41, 5.74) is 5.54. The lowest BCUT2D eigenvalue weighted by Gasteiger charge is -2.04. The first-order chi connectivity index (χ1) is 14.9. The molecule has 0 aliphatic rings. The molecule has 138 valence electrons. The molecule has 0 spiro atoms. The van der Waals surface area contributed by atoms with Gasteiger partial charge < -0.3 is 8.82 Å². The van der Waals surface area contributed by atoms with E-state index in [9.17, 15) is 0 Å². The van der Waals surface area contributed by atoms with Crippen molar-refractivity contribution in [1.29, 1.82) is 0 Å². The summed E-state index contributed by atoms with van der Waals surface area (Å²) in [5.74, 6) is 0. The molecule has 2 heteroatoms. The van der Waals surface area contributed by atoms with Crippen molar-refractivity contribution in [3.8, 4) is 0 Å². The van der Waals surface area contributed by atoms with E-state index in [1.807, 2.05) is 0 Å². The molecule has 0 bridgehead atoms. The number of rotatable bonds is 0. The molecule has 0 radical (unpaired) electrons. The van der Waals surface area contributed by atoms with Crippen molar-refractivity contribution < 1.29 is 4.42 Å². The fraction of sp³-hybridized carbons (Fsp3) is 0. The Labute approximate surface area is 170 Å². The second-order valence-corrected chi connectivity index (χ2v) is 8.16. The lowest BCUT2D eigenvalue weighted by Crippen LogP contribution is -1.85. The summed E-state index contributed by atoms with van der Waals surface area (Å²) in [6, 6.07) is 32.7. The van der Waals surface area contributed by atoms with Crippen LogP contribution in [0.3, 0.4) is 0 Å². The molecule has 3 heterocycles. The van der Waals surface area contributed by atoms with E-state index in [-0.39, 0.29) is 0 Å². The Bertz CT molecular complexity index is 1950. The number of aromatic nitrogens is 1. The van der Waals surface area contributed by atoms with E-state index >= 15 is 0 Å². The molecular formula is C28H15NO. The van der Waals surface area contributed by atoms with E-state index in [4.69, 9.17) is 4.42 Å². The van der Waals surface area contributed by atoms with Crippen LogP contribution in [0.1, 0.15) is 0 Å². The Balaban J connectivity index is 1.91. The summed E-state index contributed by atoms with van der Waals surface area (Å²) in [7, 11) is 0. The SMILES string of the molecule is c1ccc2c(c1)ccc1c3oc4ccc5cccc6c7ccccc7n(c21)c3c4c56. The first kappa shape index (κ1) is 14.9. The average Bonchev–Trinajstić information content (AvgIpc) is 3.29. The van der Waals surface area contributed by atoms with Crippen LogP contribution >= 0.6 is 0 Å². The Kier molecular flexibility index (Phi) is 2.44. The van der Waals surface area contributed by atoms with Crippen LogP contribution in [0, 0.1) is 0 Å². The summed E-state index contributed by atoms with van der Waals surface area (Å²) in [6.45, 7) is 0. The van der Waals surface area contributed by atoms with Gasteiger partial charge in [-0.2, -0.15) is 0 Å². The fourth-order valence-electron chi connectivity index (χ4n) is 5.50. The van der Waals surface area contributed by atoms with Crippen LogP contribution in [0.4, 0.5) is 0 Å². The van der Waals surface area contributed by atoms with Crippen LogP contribution < -0.4 is 0 Å². The van der Waals surface area contributed by atoms with Gasteiger partial charge in [-0.05, 0) is 34.4 Å². The Morgan fingerprint density at radius 1 is 0.500 bits per heavy atom. The van der Waals surface area contributed by atoms with Crippen molar-refractivity contribution in [1.82, 2.24) is 4.40 Å². The van der Waals surface area contributed by atoms with Gasteiger partial charge in [0.25, 0.3) is 0 Å². The number of fused-ring (bicyclic) bond motifs is 8. The first-order valence-corrected chi connectivity index (χ1v) is 10.3. The molecule has 8 aromatic rings. The highest BCUT2D eigenvalue weighted by atomic mass is 16.3. The summed E-state index contributed by atoms with van der Waals surface area (Å²) in [4.78, 5) is 0. The van der Waals surface area contributed by atoms with Gasteiger partial charge in [-0.25, -0.2) is 0 Å². The molecule has 0 aliphatic heterocycles. The topological polar surface area (TPSA) is 17.6 Å². The minimum absolute atomic E-state index is 0.955. The highest BCUT2D eigenvalue weighted by Gasteiger charge is 2.23. The highest BCUT2D eigenvalue weighted by Crippen LogP contribution is 2.45. The van der Waals surface area contributed by atoms with Crippen LogP contribution in [0.2, 0.25) is 0 Å². The summed E-state index contributed by atoms with van der Waals surface area (Å²) >= 11 is 0. The van der Waals surface area contributed by atoms with E-state index < -0.39 is 0 Å². The zero-order valence-electron chi connectivity index (χ0n) is 16.0. The molecule has 0 saturated carbocycles. The Morgan fingerprint density at radius 2 is 1.27 bits per heavy atom. The molecule has 0 amide bonds. The van der Waals surface area contributed by atoms with Gasteiger partial charge in [0.2, 0.25) is 0 Å². The maximum atomic E-state index is 6.53. The van der Waals surface area contributed by atoms with Crippen LogP contribution in [-0.4, -0.2) is 4.40 Å². The lowest BCUT2D eigenvalue weighted by molar-refractivity contribution is 0.673. The predicted octanol–water partition coefficient (Wildman–Crippen LogP) is 7.89. The average molecular weight is 381 g/mol. The van der Waals surface area contributed by atoms with Gasteiger partial charge >= 0.3 is 0 Å². The van der Waals surface area contributed by atoms with E-state index in [0.717, 1.165) is 11.2 Å². The number of hydrogen-bond donors (Lipinski definition) is 0. The van der Waals surface area contributed by atoms with Crippen LogP contribution in [-0.2, 0) is 0 Å². The minimum atomic E-state index is 0.955. The smallest absolute Gasteiger partial charge is 0.161 e. The van der Waals surface area contributed by atoms with E-state index in [1.165, 1.54) is 59.6 Å². The van der Waals surface area contributed by atoms with Gasteiger partial charge in [0.15, 0.2) is 5.58 Å². The largest absolute Gasteiger partial charge is 0.454 e. The fourth-order valence-corrected chi connectivity index (χ4v) is 5.50. The van der Waals surface area contributed by atoms with Crippen molar-refractivity contribution in [2.75, 3.05) is 0 Å². The molecule has 3 aromatic heterocycles. The molecular weight excluding hydrogens is 366 g/mol. The van der Waals surface area contributed by atoms with E-state index in [0.29, 0.717) is 0 Å². The van der Waals surface area contributed by atoms with Gasteiger partial charge in [-0.15, -0.1) is 0 Å². The number of furan rings is 1. The second kappa shape index (κ2) is 4.92. The van der Waals surface area contributed by atoms with Crippen LogP contribution in [0.15, 0.2) is 95.4 Å². The number of benzene rings is 5. The first-order valence-electron chi connectivity index (χ1n) is 10.3. The van der Waals surface area contributed by atoms with Crippen molar-refractivity contribution >= 4 is 70.8 Å². The number of para-hydroxylation sites is 1. The maximum Gasteiger partial charge on any atom is 0.161 e. The van der Waals surface area contributed by atoms with Gasteiger partial charge in [-0.3, -0.25) is 0 Å². The second-order valence-electron chi connectivity index (χ2n) is 8.16. The third-order valence-corrected chi connectivity index (χ3v) is 6.70. The van der Waals surface area contributed by atoms with Gasteiger partial charge in [0, 0.05) is 21.5 Å². The molecule has 2 nitrogen and oxygen atoms in total. The molecule has 0 fully saturated rings. The standard InChI is InChI=1S/C28H15NO/c1-2-8-18-16(6-1)12-14-21-26(18)29-22-11-4-3-9-19(22)20-10-5-7-17-13-15-23-25(24(17)20)27(29)28(21)30-23/h1-15H. The molecule has 0 unspecified atom stereocenters. The van der Waals surface area contributed by atoms with Gasteiger partial charge in [-0.1, -0.05) is 72.8 Å². The lowest BCUT2D eigenvalue weighted by atomic mass is 10.0. The molecule has 8 rings (SSSR count). The zero-order chi connectivity index (χ0) is 19.4. The molecule has 0 saturated heterocycles. The summed E-state index contributed by atoms with van der Waals surface area (Å²) in [5, 5.41) is 9.95. The minimum Gasteiger partial charge on any atom is -0.454 e. The maximum absolute atomic E-state index is 6.53. The normalized spacial score (nSPS) is 12.7. The molecule has 0 aliphatic carbocycles. The zero-order valence-corrected chi connectivity index (χ0v) is 16.0. The molecule has 5 aromatic carbocycles. The summed E-state index contributed by atoms with van der Waals surface area (Å²) < 4.78 is 8.96. The summed E-state index contributed by atoms with van der Waals surface area (Å²) in [6.07, 6.45) is 0. The predicted molar refractivity (Wildman–Crippen MR) is 126 cm³/mol. The third kappa shape index (κ3) is 1.56. The van der Waals surface area contributed by atoms with Crippen LogP contribution in [0.5, 0.6) is 0 Å². The number of nitrogens with zero attached hydrogens (tertiary/aromatic N) is 1. The van der Waals surface area contributed by atoms with Gasteiger partial charge in [0.05, 0.1) is 16.4 Å². The van der Waals surface area contributed by atoms with E-state index in [1.54, 1.807) is 0 Å². The van der Waals surface area contributed by atoms with Crippen molar-refractivity contribution in [3.05, 3.63) is 91.0 Å². The van der Waals surface area contributed by atoms with Gasteiger partial charge in [0.1, 0.15) is 11.1 Å². The molecule has 0 atom stereocenters. The quantitative estimate of drug-likeness (QED) is 0.261. The van der Waals surface area contributed by atoms with Crippen molar-refractivity contribution in [2.24, 2.45) is 0 Å². The molecule has 30 heavy (non-hydrogen) atoms. The van der Waals surface area contributed by atoms with E-state index in [2.05, 4.69) is 95.4 Å². The highest BCUT2D eigenvalue weighted by molar-refractivity contribution is 6.32. The molecule has 0 N–H and O–H groups in total. The Hall–Kier alpha value is -4.04. The van der Waals surface area contributed by atoms with Crippen molar-refractivity contribution in [3.63, 3.8) is 0 Å². The third-order valence-electron chi connectivity index (χ3n) is 6.70. The van der Waals surface area contributed by atoms with Crippen molar-refractivity contribution in [2.45, 2.75) is 0 Å². The Morgan fingerprint density at radius 3 is 2.23 bits per heavy atom. The van der Waals surface area contributed by atoms with Crippen LogP contribution in [0.25, 0.3) is 70.8 Å². The monoisotopic (exact) mass is 381 g/mol.